The third-order valence-corrected chi connectivity index (χ3v) is 5.28. The zero-order valence-electron chi connectivity index (χ0n) is 15.6. The Balaban J connectivity index is 1.42. The molecular formula is C24H24N2O. The second-order valence-electron chi connectivity index (χ2n) is 7.00. The Kier molecular flexibility index (Phi) is 4.93. The first-order valence-corrected chi connectivity index (χ1v) is 9.48. The molecule has 0 unspecified atom stereocenters. The third kappa shape index (κ3) is 3.72. The number of fused-ring (bicyclic) bond motifs is 1. The summed E-state index contributed by atoms with van der Waals surface area (Å²) in [5, 5.41) is 2.37. The number of piperazine rings is 1. The molecule has 3 heteroatoms. The molecule has 1 amide bonds. The number of amides is 1. The van der Waals surface area contributed by atoms with E-state index in [9.17, 15) is 4.79 Å². The highest BCUT2D eigenvalue weighted by Gasteiger charge is 2.20. The second-order valence-corrected chi connectivity index (χ2v) is 7.00. The molecule has 0 N–H and O–H groups in total. The second kappa shape index (κ2) is 7.67. The van der Waals surface area contributed by atoms with E-state index in [0.29, 0.717) is 0 Å². The van der Waals surface area contributed by atoms with Crippen LogP contribution in [0.25, 0.3) is 16.8 Å². The maximum absolute atomic E-state index is 12.6. The number of hydrogen-bond donors (Lipinski definition) is 0. The summed E-state index contributed by atoms with van der Waals surface area (Å²) in [7, 11) is 0. The molecule has 1 aliphatic rings. The summed E-state index contributed by atoms with van der Waals surface area (Å²) >= 11 is 0. The minimum atomic E-state index is 0.0902. The molecule has 27 heavy (non-hydrogen) atoms. The predicted molar refractivity (Wildman–Crippen MR) is 113 cm³/mol. The molecule has 4 rings (SSSR count). The number of hydrogen-bond acceptors (Lipinski definition) is 2. The molecule has 3 aromatic rings. The molecular weight excluding hydrogens is 332 g/mol. The van der Waals surface area contributed by atoms with Crippen LogP contribution in [0, 0.1) is 6.92 Å². The van der Waals surface area contributed by atoms with Crippen LogP contribution >= 0.6 is 0 Å². The summed E-state index contributed by atoms with van der Waals surface area (Å²) in [6, 6.07) is 22.9. The first kappa shape index (κ1) is 17.3. The topological polar surface area (TPSA) is 23.6 Å². The highest BCUT2D eigenvalue weighted by Crippen LogP contribution is 2.22. The number of benzene rings is 3. The summed E-state index contributed by atoms with van der Waals surface area (Å²) in [4.78, 5) is 16.9. The number of aryl methyl sites for hydroxylation is 1. The van der Waals surface area contributed by atoms with E-state index in [1.165, 1.54) is 22.0 Å². The molecule has 0 aromatic heterocycles. The van der Waals surface area contributed by atoms with Crippen molar-refractivity contribution in [1.29, 1.82) is 0 Å². The average Bonchev–Trinajstić information content (AvgIpc) is 2.72. The SMILES string of the molecule is Cc1ccccc1N1CCN(C(=O)/C=C/c2cccc3ccccc23)CC1. The Morgan fingerprint density at radius 1 is 0.852 bits per heavy atom. The highest BCUT2D eigenvalue weighted by atomic mass is 16.2. The van der Waals surface area contributed by atoms with Gasteiger partial charge in [-0.3, -0.25) is 4.79 Å². The zero-order valence-corrected chi connectivity index (χ0v) is 15.6. The van der Waals surface area contributed by atoms with E-state index in [-0.39, 0.29) is 5.91 Å². The zero-order chi connectivity index (χ0) is 18.6. The Labute approximate surface area is 160 Å². The van der Waals surface area contributed by atoms with Gasteiger partial charge in [0.25, 0.3) is 0 Å². The van der Waals surface area contributed by atoms with E-state index in [0.717, 1.165) is 31.7 Å². The summed E-state index contributed by atoms with van der Waals surface area (Å²) in [6.45, 7) is 5.40. The molecule has 0 spiro atoms. The van der Waals surface area contributed by atoms with Crippen molar-refractivity contribution in [1.82, 2.24) is 4.90 Å². The lowest BCUT2D eigenvalue weighted by Crippen LogP contribution is -2.48. The summed E-state index contributed by atoms with van der Waals surface area (Å²) in [5.41, 5.74) is 3.64. The molecule has 136 valence electrons. The minimum absolute atomic E-state index is 0.0902. The van der Waals surface area contributed by atoms with Crippen molar-refractivity contribution in [3.63, 3.8) is 0 Å². The average molecular weight is 356 g/mol. The van der Waals surface area contributed by atoms with Crippen molar-refractivity contribution in [2.75, 3.05) is 31.1 Å². The van der Waals surface area contributed by atoms with Gasteiger partial charge in [-0.25, -0.2) is 0 Å². The van der Waals surface area contributed by atoms with E-state index in [4.69, 9.17) is 0 Å². The smallest absolute Gasteiger partial charge is 0.246 e. The minimum Gasteiger partial charge on any atom is -0.368 e. The normalized spacial score (nSPS) is 14.9. The van der Waals surface area contributed by atoms with Crippen LogP contribution in [0.1, 0.15) is 11.1 Å². The molecule has 0 radical (unpaired) electrons. The molecule has 0 bridgehead atoms. The van der Waals surface area contributed by atoms with Gasteiger partial charge in [0, 0.05) is 37.9 Å². The van der Waals surface area contributed by atoms with Crippen molar-refractivity contribution in [3.05, 3.63) is 83.9 Å². The predicted octanol–water partition coefficient (Wildman–Crippen LogP) is 4.51. The number of carbonyl (C=O) groups excluding carboxylic acids is 1. The molecule has 1 aliphatic heterocycles. The fourth-order valence-electron chi connectivity index (χ4n) is 3.75. The molecule has 3 aromatic carbocycles. The molecule has 0 atom stereocenters. The van der Waals surface area contributed by atoms with Gasteiger partial charge in [0.15, 0.2) is 0 Å². The van der Waals surface area contributed by atoms with Crippen LogP contribution in [0.2, 0.25) is 0 Å². The molecule has 1 saturated heterocycles. The fraction of sp³-hybridized carbons (Fsp3) is 0.208. The van der Waals surface area contributed by atoms with Crippen LogP contribution in [-0.2, 0) is 4.79 Å². The number of carbonyl (C=O) groups is 1. The lowest BCUT2D eigenvalue weighted by molar-refractivity contribution is -0.126. The number of anilines is 1. The van der Waals surface area contributed by atoms with Crippen molar-refractivity contribution in [2.24, 2.45) is 0 Å². The van der Waals surface area contributed by atoms with Gasteiger partial charge in [-0.1, -0.05) is 60.7 Å². The maximum Gasteiger partial charge on any atom is 0.246 e. The summed E-state index contributed by atoms with van der Waals surface area (Å²) in [5.74, 6) is 0.0902. The molecule has 3 nitrogen and oxygen atoms in total. The van der Waals surface area contributed by atoms with Gasteiger partial charge in [0.05, 0.1) is 0 Å². The van der Waals surface area contributed by atoms with Crippen LogP contribution in [0.4, 0.5) is 5.69 Å². The molecule has 0 aliphatic carbocycles. The summed E-state index contributed by atoms with van der Waals surface area (Å²) < 4.78 is 0. The summed E-state index contributed by atoms with van der Waals surface area (Å²) in [6.07, 6.45) is 3.66. The van der Waals surface area contributed by atoms with Gasteiger partial charge in [0.1, 0.15) is 0 Å². The van der Waals surface area contributed by atoms with Gasteiger partial charge in [-0.15, -0.1) is 0 Å². The van der Waals surface area contributed by atoms with Crippen molar-refractivity contribution < 1.29 is 4.79 Å². The van der Waals surface area contributed by atoms with Crippen molar-refractivity contribution in [2.45, 2.75) is 6.92 Å². The fourth-order valence-corrected chi connectivity index (χ4v) is 3.75. The van der Waals surface area contributed by atoms with E-state index in [1.807, 2.05) is 29.2 Å². The Bertz CT molecular complexity index is 979. The Morgan fingerprint density at radius 3 is 2.37 bits per heavy atom. The van der Waals surface area contributed by atoms with Crippen molar-refractivity contribution in [3.8, 4) is 0 Å². The van der Waals surface area contributed by atoms with E-state index in [2.05, 4.69) is 60.4 Å². The Hall–Kier alpha value is -3.07. The maximum atomic E-state index is 12.6. The first-order valence-electron chi connectivity index (χ1n) is 9.48. The van der Waals surface area contributed by atoms with Gasteiger partial charge < -0.3 is 9.80 Å². The first-order chi connectivity index (χ1) is 13.2. The van der Waals surface area contributed by atoms with Crippen LogP contribution in [-0.4, -0.2) is 37.0 Å². The van der Waals surface area contributed by atoms with E-state index >= 15 is 0 Å². The van der Waals surface area contributed by atoms with Crippen LogP contribution in [0.15, 0.2) is 72.8 Å². The number of para-hydroxylation sites is 1. The highest BCUT2D eigenvalue weighted by molar-refractivity contribution is 5.96. The standard InChI is InChI=1S/C24H24N2O/c1-19-7-2-5-12-23(19)25-15-17-26(18-16-25)24(27)14-13-21-10-6-9-20-8-3-4-11-22(20)21/h2-14H,15-18H2,1H3/b14-13+. The lowest BCUT2D eigenvalue weighted by Gasteiger charge is -2.36. The molecule has 1 fully saturated rings. The largest absolute Gasteiger partial charge is 0.368 e. The monoisotopic (exact) mass is 356 g/mol. The van der Waals surface area contributed by atoms with E-state index in [1.54, 1.807) is 6.08 Å². The lowest BCUT2D eigenvalue weighted by atomic mass is 10.0. The van der Waals surface area contributed by atoms with Gasteiger partial charge in [-0.05, 0) is 41.0 Å². The van der Waals surface area contributed by atoms with Crippen LogP contribution in [0.3, 0.4) is 0 Å². The molecule has 1 heterocycles. The van der Waals surface area contributed by atoms with Gasteiger partial charge in [-0.2, -0.15) is 0 Å². The number of rotatable bonds is 3. The Morgan fingerprint density at radius 2 is 1.56 bits per heavy atom. The third-order valence-electron chi connectivity index (χ3n) is 5.28. The van der Waals surface area contributed by atoms with Gasteiger partial charge >= 0.3 is 0 Å². The van der Waals surface area contributed by atoms with Crippen LogP contribution in [0.5, 0.6) is 0 Å². The quantitative estimate of drug-likeness (QED) is 0.645. The van der Waals surface area contributed by atoms with Gasteiger partial charge in [0.2, 0.25) is 5.91 Å². The number of nitrogens with zero attached hydrogens (tertiary/aromatic N) is 2. The van der Waals surface area contributed by atoms with E-state index < -0.39 is 0 Å². The van der Waals surface area contributed by atoms with Crippen molar-refractivity contribution >= 4 is 28.4 Å². The van der Waals surface area contributed by atoms with Crippen LogP contribution < -0.4 is 4.90 Å². The molecule has 0 saturated carbocycles.